The van der Waals surface area contributed by atoms with Crippen LogP contribution in [0.25, 0.3) is 22.8 Å². The van der Waals surface area contributed by atoms with Crippen molar-refractivity contribution >= 4 is 11.6 Å². The topological polar surface area (TPSA) is 12.9 Å². The van der Waals surface area contributed by atoms with Crippen LogP contribution < -0.4 is 0 Å². The largest absolute Gasteiger partial charge is 0.255 e. The van der Waals surface area contributed by atoms with Gasteiger partial charge in [0.2, 0.25) is 0 Å². The normalized spacial score (nSPS) is 13.4. The summed E-state index contributed by atoms with van der Waals surface area (Å²) >= 11 is 0. The lowest BCUT2D eigenvalue weighted by Gasteiger charge is -2.14. The molecule has 0 saturated carbocycles. The number of pyridine rings is 1. The lowest BCUT2D eigenvalue weighted by molar-refractivity contribution is 0.698. The van der Waals surface area contributed by atoms with E-state index in [0.29, 0.717) is 11.8 Å². The molecule has 0 fully saturated rings. The van der Waals surface area contributed by atoms with Crippen molar-refractivity contribution in [2.45, 2.75) is 47.0 Å². The number of hydrogen-bond donors (Lipinski definition) is 0. The molecule has 1 nitrogen and oxygen atoms in total. The fourth-order valence-corrected chi connectivity index (χ4v) is 2.76. The van der Waals surface area contributed by atoms with Crippen LogP contribution in [0, 0.1) is 5.92 Å². The lowest BCUT2D eigenvalue weighted by Crippen LogP contribution is -1.98. The molecule has 0 saturated heterocycles. The maximum atomic E-state index is 4.85. The summed E-state index contributed by atoms with van der Waals surface area (Å²) in [5.41, 5.74) is 6.99. The van der Waals surface area contributed by atoms with E-state index in [4.69, 9.17) is 4.98 Å². The van der Waals surface area contributed by atoms with Gasteiger partial charge in [-0.2, -0.15) is 0 Å². The Morgan fingerprint density at radius 2 is 1.85 bits per heavy atom. The first kappa shape index (κ1) is 19.9. The van der Waals surface area contributed by atoms with Crippen LogP contribution in [0.5, 0.6) is 0 Å². The number of nitrogens with zero attached hydrogens (tertiary/aromatic N) is 1. The van der Waals surface area contributed by atoms with Gasteiger partial charge in [0.25, 0.3) is 0 Å². The molecular weight excluding hydrogens is 314 g/mol. The van der Waals surface area contributed by atoms with E-state index in [1.54, 1.807) is 0 Å². The first-order valence-electron chi connectivity index (χ1n) is 9.57. The molecular formula is C25H31N. The van der Waals surface area contributed by atoms with E-state index < -0.39 is 0 Å². The standard InChI is InChI=1S/C25H31N/c1-7-19(6)10-13-21(9-3)25-24(16-23(17-26-25)18(4)5)22-14-11-20(8-2)12-15-22/h8-19H,2,7H2,1,3-6H3/b13-10-,21-9+. The Balaban J connectivity index is 2.57. The highest BCUT2D eigenvalue weighted by atomic mass is 14.7. The first-order chi connectivity index (χ1) is 12.5. The zero-order valence-electron chi connectivity index (χ0n) is 16.8. The van der Waals surface area contributed by atoms with Crippen LogP contribution in [-0.4, -0.2) is 4.98 Å². The monoisotopic (exact) mass is 345 g/mol. The molecule has 1 atom stereocenters. The fraction of sp³-hybridized carbons (Fsp3) is 0.320. The van der Waals surface area contributed by atoms with Gasteiger partial charge in [-0.15, -0.1) is 0 Å². The summed E-state index contributed by atoms with van der Waals surface area (Å²) in [7, 11) is 0. The third-order valence-corrected chi connectivity index (χ3v) is 4.87. The van der Waals surface area contributed by atoms with Crippen LogP contribution in [0.4, 0.5) is 0 Å². The second-order valence-corrected chi connectivity index (χ2v) is 7.13. The molecule has 0 radical (unpaired) electrons. The number of allylic oxidation sites excluding steroid dienone is 4. The summed E-state index contributed by atoms with van der Waals surface area (Å²) in [6, 6.07) is 10.8. The van der Waals surface area contributed by atoms with Gasteiger partial charge < -0.3 is 0 Å². The Morgan fingerprint density at radius 3 is 2.38 bits per heavy atom. The van der Waals surface area contributed by atoms with Crippen LogP contribution in [0.1, 0.15) is 63.8 Å². The molecule has 1 aromatic carbocycles. The highest BCUT2D eigenvalue weighted by molar-refractivity contribution is 5.83. The molecule has 0 bridgehead atoms. The van der Waals surface area contributed by atoms with Crippen molar-refractivity contribution in [1.29, 1.82) is 0 Å². The maximum Gasteiger partial charge on any atom is 0.0777 e. The minimum atomic E-state index is 0.451. The quantitative estimate of drug-likeness (QED) is 0.473. The van der Waals surface area contributed by atoms with Crippen molar-refractivity contribution in [3.8, 4) is 11.1 Å². The van der Waals surface area contributed by atoms with E-state index in [1.807, 2.05) is 12.3 Å². The number of hydrogen-bond acceptors (Lipinski definition) is 1. The zero-order chi connectivity index (χ0) is 19.1. The van der Waals surface area contributed by atoms with Crippen LogP contribution in [0.3, 0.4) is 0 Å². The molecule has 0 aliphatic heterocycles. The summed E-state index contributed by atoms with van der Waals surface area (Å²) < 4.78 is 0. The average molecular weight is 346 g/mol. The Morgan fingerprint density at radius 1 is 1.15 bits per heavy atom. The molecule has 0 spiro atoms. The molecule has 26 heavy (non-hydrogen) atoms. The predicted molar refractivity (Wildman–Crippen MR) is 116 cm³/mol. The van der Waals surface area contributed by atoms with Gasteiger partial charge in [-0.1, -0.05) is 89.3 Å². The molecule has 136 valence electrons. The van der Waals surface area contributed by atoms with Gasteiger partial charge in [0.05, 0.1) is 5.69 Å². The van der Waals surface area contributed by atoms with Crippen molar-refractivity contribution in [2.75, 3.05) is 0 Å². The van der Waals surface area contributed by atoms with Gasteiger partial charge in [-0.05, 0) is 47.1 Å². The molecule has 0 aliphatic carbocycles. The summed E-state index contributed by atoms with van der Waals surface area (Å²) in [5, 5.41) is 0. The maximum absolute atomic E-state index is 4.85. The molecule has 2 aromatic rings. The number of benzene rings is 1. The van der Waals surface area contributed by atoms with E-state index in [1.165, 1.54) is 22.3 Å². The zero-order valence-corrected chi connectivity index (χ0v) is 16.8. The minimum Gasteiger partial charge on any atom is -0.255 e. The van der Waals surface area contributed by atoms with Gasteiger partial charge >= 0.3 is 0 Å². The van der Waals surface area contributed by atoms with Crippen LogP contribution in [0.2, 0.25) is 0 Å². The van der Waals surface area contributed by atoms with E-state index in [-0.39, 0.29) is 0 Å². The van der Waals surface area contributed by atoms with Gasteiger partial charge in [0.15, 0.2) is 0 Å². The molecule has 0 N–H and O–H groups in total. The SMILES string of the molecule is C=Cc1ccc(-c2cc(C(C)C)cnc2C(/C=C\C(C)CC)=C/C)cc1. The van der Waals surface area contributed by atoms with Crippen molar-refractivity contribution in [1.82, 2.24) is 4.98 Å². The third kappa shape index (κ3) is 4.82. The minimum absolute atomic E-state index is 0.451. The third-order valence-electron chi connectivity index (χ3n) is 4.87. The Kier molecular flexibility index (Phi) is 7.15. The van der Waals surface area contributed by atoms with Gasteiger partial charge in [-0.25, -0.2) is 0 Å². The lowest BCUT2D eigenvalue weighted by atomic mass is 9.93. The molecule has 0 aliphatic rings. The van der Waals surface area contributed by atoms with Crippen LogP contribution in [0.15, 0.2) is 61.3 Å². The summed E-state index contributed by atoms with van der Waals surface area (Å²) in [6.07, 6.45) is 11.7. The highest BCUT2D eigenvalue weighted by Gasteiger charge is 2.12. The average Bonchev–Trinajstić information content (AvgIpc) is 2.68. The second-order valence-electron chi connectivity index (χ2n) is 7.13. The van der Waals surface area contributed by atoms with Crippen molar-refractivity contribution in [3.63, 3.8) is 0 Å². The van der Waals surface area contributed by atoms with Crippen LogP contribution in [-0.2, 0) is 0 Å². The summed E-state index contributed by atoms with van der Waals surface area (Å²) in [6.45, 7) is 14.8. The number of rotatable bonds is 7. The predicted octanol–water partition coefficient (Wildman–Crippen LogP) is 7.52. The summed E-state index contributed by atoms with van der Waals surface area (Å²) in [4.78, 5) is 4.85. The van der Waals surface area contributed by atoms with E-state index in [2.05, 4.69) is 89.8 Å². The molecule has 2 rings (SSSR count). The number of aromatic nitrogens is 1. The Hall–Kier alpha value is -2.41. The van der Waals surface area contributed by atoms with Crippen molar-refractivity contribution < 1.29 is 0 Å². The molecule has 1 heterocycles. The van der Waals surface area contributed by atoms with Gasteiger partial charge in [-0.3, -0.25) is 4.98 Å². The van der Waals surface area contributed by atoms with E-state index in [0.717, 1.165) is 17.7 Å². The van der Waals surface area contributed by atoms with Crippen molar-refractivity contribution in [3.05, 3.63) is 78.2 Å². The molecule has 1 unspecified atom stereocenters. The summed E-state index contributed by atoms with van der Waals surface area (Å²) in [5.74, 6) is 1.02. The smallest absolute Gasteiger partial charge is 0.0777 e. The molecule has 1 aromatic heterocycles. The van der Waals surface area contributed by atoms with E-state index >= 15 is 0 Å². The van der Waals surface area contributed by atoms with Crippen molar-refractivity contribution in [2.24, 2.45) is 5.92 Å². The van der Waals surface area contributed by atoms with Gasteiger partial charge in [0.1, 0.15) is 0 Å². The van der Waals surface area contributed by atoms with E-state index in [9.17, 15) is 0 Å². The first-order valence-corrected chi connectivity index (χ1v) is 9.57. The Bertz CT molecular complexity index is 791. The molecule has 0 amide bonds. The Labute approximate surface area is 159 Å². The van der Waals surface area contributed by atoms with Gasteiger partial charge in [0, 0.05) is 11.8 Å². The fourth-order valence-electron chi connectivity index (χ4n) is 2.76. The molecule has 1 heteroatoms. The highest BCUT2D eigenvalue weighted by Crippen LogP contribution is 2.31. The second kappa shape index (κ2) is 9.33. The van der Waals surface area contributed by atoms with Crippen LogP contribution >= 0.6 is 0 Å².